The highest BCUT2D eigenvalue weighted by molar-refractivity contribution is 6.00. The molecule has 6 heterocycles. The summed E-state index contributed by atoms with van der Waals surface area (Å²) >= 11 is 0. The molecule has 4 aliphatic heterocycles. The van der Waals surface area contributed by atoms with E-state index in [1.54, 1.807) is 17.2 Å². The first kappa shape index (κ1) is 34.2. The van der Waals surface area contributed by atoms with Crippen LogP contribution in [0.3, 0.4) is 0 Å². The van der Waals surface area contributed by atoms with Gasteiger partial charge in [0, 0.05) is 44.2 Å². The van der Waals surface area contributed by atoms with Crippen LogP contribution in [0.5, 0.6) is 11.8 Å². The van der Waals surface area contributed by atoms with Gasteiger partial charge >= 0.3 is 12.1 Å². The lowest BCUT2D eigenvalue weighted by molar-refractivity contribution is 0.0700. The van der Waals surface area contributed by atoms with E-state index in [1.165, 1.54) is 6.07 Å². The largest absolute Gasteiger partial charge is 0.508 e. The summed E-state index contributed by atoms with van der Waals surface area (Å²) in [6, 6.07) is 21.6. The van der Waals surface area contributed by atoms with Gasteiger partial charge in [-0.3, -0.25) is 14.8 Å². The summed E-state index contributed by atoms with van der Waals surface area (Å²) in [6.45, 7) is 2.11. The molecule has 2 aromatic heterocycles. The minimum Gasteiger partial charge on any atom is -0.508 e. The summed E-state index contributed by atoms with van der Waals surface area (Å²) in [5, 5.41) is 22.1. The Bertz CT molecular complexity index is 2290. The van der Waals surface area contributed by atoms with Crippen LogP contribution in [-0.4, -0.2) is 92.5 Å². The highest BCUT2D eigenvalue weighted by atomic mass is 19.1. The number of aromatic hydroxyl groups is 1. The first-order chi connectivity index (χ1) is 26.3. The van der Waals surface area contributed by atoms with Crippen molar-refractivity contribution < 1.29 is 28.2 Å². The van der Waals surface area contributed by atoms with E-state index < -0.39 is 23.6 Å². The summed E-state index contributed by atoms with van der Waals surface area (Å²) in [4.78, 5) is 33.6. The van der Waals surface area contributed by atoms with E-state index in [0.717, 1.165) is 30.3 Å². The molecule has 2 bridgehead atoms. The molecular weight excluding hydrogens is 692 g/mol. The van der Waals surface area contributed by atoms with Crippen molar-refractivity contribution in [3.8, 4) is 29.1 Å². The number of phenols is 1. The highest BCUT2D eigenvalue weighted by Gasteiger charge is 2.51. The number of anilines is 1. The Labute approximate surface area is 310 Å². The lowest BCUT2D eigenvalue weighted by Crippen LogP contribution is -2.57. The number of pyridine rings is 1. The van der Waals surface area contributed by atoms with Crippen LogP contribution in [0, 0.1) is 23.1 Å². The number of amides is 1. The van der Waals surface area contributed by atoms with Gasteiger partial charge in [0.25, 0.3) is 0 Å². The smallest absolute Gasteiger partial charge is 0.410 e. The van der Waals surface area contributed by atoms with Gasteiger partial charge in [-0.1, -0.05) is 54.6 Å². The van der Waals surface area contributed by atoms with Gasteiger partial charge in [0.15, 0.2) is 5.82 Å². The van der Waals surface area contributed by atoms with E-state index in [1.807, 2.05) is 59.5 Å². The normalized spacial score (nSPS) is 24.9. The average molecular weight is 732 g/mol. The average Bonchev–Trinajstić information content (AvgIpc) is 3.78. The fraction of sp³-hybridized carbons (Fsp3) is 0.390. The predicted octanol–water partition coefficient (Wildman–Crippen LogP) is 6.77. The molecule has 1 amide bonds. The molecular formula is C41H39F2N7O4. The van der Waals surface area contributed by atoms with Crippen LogP contribution in [0.4, 0.5) is 19.4 Å². The zero-order valence-corrected chi connectivity index (χ0v) is 29.6. The number of nitriles is 1. The number of benzene rings is 3. The standard InChI is InChI=1S/C41H39F2N7O4/c42-28-18-41(12-6-14-49(41)20-28)24-54-39-46-37-33(19-45-36(35(37)43)32-17-30(51)16-26-9-4-5-10-31(26)32)38(47-39)48-21-29-15-27(11-13-44)34(22-48)50(29)40(52)53-23-25-7-2-1-3-8-25/h1-5,7-10,16-17,19,27-29,34,51H,6,11-12,14-15,18,20-24H2/t27-,28-,29?,34?,41+/m1/s1. The molecule has 4 aliphatic rings. The number of hydrogen-bond donors (Lipinski definition) is 1. The van der Waals surface area contributed by atoms with E-state index >= 15 is 4.39 Å². The number of alkyl halides is 1. The van der Waals surface area contributed by atoms with E-state index in [9.17, 15) is 19.6 Å². The van der Waals surface area contributed by atoms with Gasteiger partial charge in [0.05, 0.1) is 29.1 Å². The number of hydrogen-bond acceptors (Lipinski definition) is 10. The van der Waals surface area contributed by atoms with Crippen LogP contribution in [-0.2, 0) is 11.3 Å². The molecule has 0 aliphatic carbocycles. The fourth-order valence-electron chi connectivity index (χ4n) is 9.31. The van der Waals surface area contributed by atoms with Crippen molar-refractivity contribution in [2.24, 2.45) is 5.92 Å². The van der Waals surface area contributed by atoms with Crippen molar-refractivity contribution in [3.63, 3.8) is 0 Å². The molecule has 13 heteroatoms. The SMILES string of the molecule is N#CC[C@@H]1CC2CN(c3nc(OC[C@@]45CCCN4C[C@H](F)C5)nc4c(F)c(-c5cc(O)cc6ccccc56)ncc34)CC1N2C(=O)OCc1ccccc1. The number of carbonyl (C=O) groups is 1. The predicted molar refractivity (Wildman–Crippen MR) is 197 cm³/mol. The maximum Gasteiger partial charge on any atom is 0.410 e. The zero-order valence-electron chi connectivity index (χ0n) is 29.6. The third kappa shape index (κ3) is 5.98. The van der Waals surface area contributed by atoms with Gasteiger partial charge in [-0.05, 0) is 60.2 Å². The number of piperazine rings is 1. The molecule has 0 saturated carbocycles. The van der Waals surface area contributed by atoms with Gasteiger partial charge < -0.3 is 19.5 Å². The van der Waals surface area contributed by atoms with Crippen LogP contribution in [0.2, 0.25) is 0 Å². The molecule has 3 aromatic carbocycles. The molecule has 4 saturated heterocycles. The second-order valence-corrected chi connectivity index (χ2v) is 15.0. The van der Waals surface area contributed by atoms with Crippen LogP contribution < -0.4 is 9.64 Å². The number of fused-ring (bicyclic) bond motifs is 5. The number of carbonyl (C=O) groups excluding carboxylic acids is 1. The summed E-state index contributed by atoms with van der Waals surface area (Å²) in [7, 11) is 0. The minimum absolute atomic E-state index is 0.00591. The van der Waals surface area contributed by atoms with Crippen LogP contribution >= 0.6 is 0 Å². The third-order valence-corrected chi connectivity index (χ3v) is 11.8. The van der Waals surface area contributed by atoms with Crippen molar-refractivity contribution in [1.29, 1.82) is 5.26 Å². The number of aromatic nitrogens is 3. The molecule has 2 unspecified atom stereocenters. The molecule has 11 nitrogen and oxygen atoms in total. The molecule has 0 radical (unpaired) electrons. The van der Waals surface area contributed by atoms with Crippen molar-refractivity contribution in [2.45, 2.75) is 62.5 Å². The Morgan fingerprint density at radius 3 is 2.74 bits per heavy atom. The summed E-state index contributed by atoms with van der Waals surface area (Å²) < 4.78 is 43.7. The Hall–Kier alpha value is -5.61. The number of phenolic OH excluding ortho intramolecular Hbond substituents is 1. The topological polar surface area (TPSA) is 128 Å². The van der Waals surface area contributed by atoms with E-state index in [2.05, 4.69) is 20.9 Å². The van der Waals surface area contributed by atoms with E-state index in [4.69, 9.17) is 14.5 Å². The van der Waals surface area contributed by atoms with Crippen molar-refractivity contribution >= 4 is 33.6 Å². The monoisotopic (exact) mass is 731 g/mol. The van der Waals surface area contributed by atoms with Crippen molar-refractivity contribution in [1.82, 2.24) is 24.8 Å². The van der Waals surface area contributed by atoms with Crippen molar-refractivity contribution in [2.75, 3.05) is 37.7 Å². The summed E-state index contributed by atoms with van der Waals surface area (Å²) in [6.07, 6.45) is 3.10. The van der Waals surface area contributed by atoms with E-state index in [-0.39, 0.29) is 60.6 Å². The van der Waals surface area contributed by atoms with Gasteiger partial charge in [-0.2, -0.15) is 15.2 Å². The summed E-state index contributed by atoms with van der Waals surface area (Å²) in [5.74, 6) is -0.421. The fourth-order valence-corrected chi connectivity index (χ4v) is 9.31. The van der Waals surface area contributed by atoms with E-state index in [0.29, 0.717) is 54.6 Å². The third-order valence-electron chi connectivity index (χ3n) is 11.8. The quantitative estimate of drug-likeness (QED) is 0.183. The molecule has 4 fully saturated rings. The lowest BCUT2D eigenvalue weighted by Gasteiger charge is -2.41. The first-order valence-corrected chi connectivity index (χ1v) is 18.5. The molecule has 276 valence electrons. The molecule has 0 spiro atoms. The second-order valence-electron chi connectivity index (χ2n) is 15.0. The van der Waals surface area contributed by atoms with Crippen LogP contribution in [0.25, 0.3) is 32.9 Å². The molecule has 1 N–H and O–H groups in total. The van der Waals surface area contributed by atoms with Gasteiger partial charge in [-0.15, -0.1) is 0 Å². The first-order valence-electron chi connectivity index (χ1n) is 18.5. The van der Waals surface area contributed by atoms with Gasteiger partial charge in [0.1, 0.15) is 42.2 Å². The Morgan fingerprint density at radius 2 is 1.89 bits per heavy atom. The second kappa shape index (κ2) is 13.7. The number of ether oxygens (including phenoxy) is 2. The molecule has 5 aromatic rings. The molecule has 54 heavy (non-hydrogen) atoms. The maximum absolute atomic E-state index is 17.0. The molecule has 9 rings (SSSR count). The Kier molecular flexibility index (Phi) is 8.65. The highest BCUT2D eigenvalue weighted by Crippen LogP contribution is 2.43. The van der Waals surface area contributed by atoms with Crippen LogP contribution in [0.15, 0.2) is 72.9 Å². The Morgan fingerprint density at radius 1 is 1.06 bits per heavy atom. The minimum atomic E-state index is -0.947. The summed E-state index contributed by atoms with van der Waals surface area (Å²) in [5.41, 5.74) is 0.817. The Balaban J connectivity index is 1.09. The van der Waals surface area contributed by atoms with Crippen LogP contribution in [0.1, 0.15) is 37.7 Å². The number of halogens is 2. The van der Waals surface area contributed by atoms with Crippen molar-refractivity contribution in [3.05, 3.63) is 84.3 Å². The van der Waals surface area contributed by atoms with Gasteiger partial charge in [0.2, 0.25) is 0 Å². The van der Waals surface area contributed by atoms with Gasteiger partial charge in [-0.25, -0.2) is 13.6 Å². The zero-order chi connectivity index (χ0) is 37.0. The lowest BCUT2D eigenvalue weighted by atomic mass is 9.95. The number of nitrogens with zero attached hydrogens (tertiary/aromatic N) is 7. The molecule has 5 atom stereocenters. The maximum atomic E-state index is 17.0. The number of rotatable bonds is 8.